The molecule has 0 saturated heterocycles. The smallest absolute Gasteiger partial charge is 0.239 e. The Morgan fingerprint density at radius 2 is 1.73 bits per heavy atom. The minimum Gasteiger partial charge on any atom is -0.325 e. The van der Waals surface area contributed by atoms with E-state index in [9.17, 15) is 17.6 Å². The van der Waals surface area contributed by atoms with Crippen LogP contribution in [0.3, 0.4) is 0 Å². The van der Waals surface area contributed by atoms with Gasteiger partial charge in [-0.25, -0.2) is 12.8 Å². The van der Waals surface area contributed by atoms with Crippen LogP contribution in [-0.2, 0) is 21.2 Å². The summed E-state index contributed by atoms with van der Waals surface area (Å²) in [6.45, 7) is 3.79. The number of sulfonamides is 1. The summed E-state index contributed by atoms with van der Waals surface area (Å²) in [5, 5.41) is 2.72. The van der Waals surface area contributed by atoms with Crippen LogP contribution in [0.25, 0.3) is 0 Å². The largest absolute Gasteiger partial charge is 0.325 e. The van der Waals surface area contributed by atoms with Gasteiger partial charge in [0.2, 0.25) is 15.9 Å². The average Bonchev–Trinajstić information content (AvgIpc) is 2.55. The highest BCUT2D eigenvalue weighted by Crippen LogP contribution is 2.14. The Balaban J connectivity index is 2.01. The summed E-state index contributed by atoms with van der Waals surface area (Å²) >= 11 is 0. The monoisotopic (exact) mass is 378 g/mol. The molecule has 5 nitrogen and oxygen atoms in total. The molecular formula is C19H23FN2O3S. The first kappa shape index (κ1) is 20.1. The fourth-order valence-electron chi connectivity index (χ4n) is 2.45. The van der Waals surface area contributed by atoms with Crippen LogP contribution in [0.15, 0.2) is 42.5 Å². The van der Waals surface area contributed by atoms with Gasteiger partial charge in [-0.3, -0.25) is 4.79 Å². The molecule has 0 aliphatic rings. The van der Waals surface area contributed by atoms with Crippen LogP contribution in [0.2, 0.25) is 0 Å². The van der Waals surface area contributed by atoms with E-state index in [1.165, 1.54) is 12.1 Å². The predicted molar refractivity (Wildman–Crippen MR) is 101 cm³/mol. The molecule has 0 aliphatic carbocycles. The Morgan fingerprint density at radius 1 is 1.08 bits per heavy atom. The number of nitrogens with zero attached hydrogens (tertiary/aromatic N) is 1. The van der Waals surface area contributed by atoms with Crippen LogP contribution < -0.4 is 5.32 Å². The van der Waals surface area contributed by atoms with E-state index in [0.717, 1.165) is 27.3 Å². The molecule has 0 unspecified atom stereocenters. The van der Waals surface area contributed by atoms with Crippen LogP contribution >= 0.6 is 0 Å². The quantitative estimate of drug-likeness (QED) is 0.806. The number of carbonyl (C=O) groups excluding carboxylic acids is 1. The van der Waals surface area contributed by atoms with Crippen molar-refractivity contribution in [2.75, 3.05) is 24.7 Å². The highest BCUT2D eigenvalue weighted by atomic mass is 32.2. The van der Waals surface area contributed by atoms with Crippen molar-refractivity contribution in [2.24, 2.45) is 0 Å². The summed E-state index contributed by atoms with van der Waals surface area (Å²) in [6.07, 6.45) is 1.46. The molecule has 26 heavy (non-hydrogen) atoms. The molecule has 140 valence electrons. The molecule has 1 amide bonds. The van der Waals surface area contributed by atoms with E-state index in [4.69, 9.17) is 0 Å². The second kappa shape index (κ2) is 8.42. The van der Waals surface area contributed by atoms with E-state index in [1.54, 1.807) is 18.2 Å². The van der Waals surface area contributed by atoms with E-state index in [-0.39, 0.29) is 18.9 Å². The third-order valence-electron chi connectivity index (χ3n) is 4.14. The Hall–Kier alpha value is -2.25. The maximum atomic E-state index is 12.9. The molecule has 0 aliphatic heterocycles. The number of nitrogens with one attached hydrogen (secondary N) is 1. The van der Waals surface area contributed by atoms with Gasteiger partial charge >= 0.3 is 0 Å². The number of carbonyl (C=O) groups is 1. The number of rotatable bonds is 7. The molecule has 1 N–H and O–H groups in total. The first-order valence-corrected chi connectivity index (χ1v) is 10.1. The molecule has 2 aromatic carbocycles. The van der Waals surface area contributed by atoms with E-state index < -0.39 is 15.9 Å². The summed E-state index contributed by atoms with van der Waals surface area (Å²) in [5.41, 5.74) is 3.58. The fourth-order valence-corrected chi connectivity index (χ4v) is 3.22. The zero-order valence-electron chi connectivity index (χ0n) is 15.1. The number of amides is 1. The molecule has 0 saturated carbocycles. The number of benzene rings is 2. The van der Waals surface area contributed by atoms with Crippen molar-refractivity contribution in [2.45, 2.75) is 20.3 Å². The highest BCUT2D eigenvalue weighted by Gasteiger charge is 2.20. The van der Waals surface area contributed by atoms with Gasteiger partial charge in [-0.2, -0.15) is 4.31 Å². The van der Waals surface area contributed by atoms with Gasteiger partial charge in [0.15, 0.2) is 0 Å². The second-order valence-electron chi connectivity index (χ2n) is 6.32. The first-order valence-electron chi connectivity index (χ1n) is 8.22. The maximum absolute atomic E-state index is 12.9. The zero-order chi connectivity index (χ0) is 19.3. The number of aryl methyl sites for hydroxylation is 2. The standard InChI is InChI=1S/C19H23FN2O3S/c1-14-4-9-18(12-15(14)2)21-19(23)13-22(26(3,24)25)11-10-16-5-7-17(20)8-6-16/h4-9,12H,10-11,13H2,1-3H3,(H,21,23). The number of hydrogen-bond acceptors (Lipinski definition) is 3. The van der Waals surface area contributed by atoms with Crippen LogP contribution in [-0.4, -0.2) is 38.0 Å². The van der Waals surface area contributed by atoms with E-state index in [1.807, 2.05) is 26.0 Å². The van der Waals surface area contributed by atoms with Gasteiger partial charge in [0.25, 0.3) is 0 Å². The van der Waals surface area contributed by atoms with Crippen molar-refractivity contribution in [3.05, 3.63) is 65.0 Å². The zero-order valence-corrected chi connectivity index (χ0v) is 15.9. The van der Waals surface area contributed by atoms with Crippen LogP contribution in [0.5, 0.6) is 0 Å². The van der Waals surface area contributed by atoms with Crippen LogP contribution in [0.4, 0.5) is 10.1 Å². The molecule has 0 radical (unpaired) electrons. The first-order chi connectivity index (χ1) is 12.1. The van der Waals surface area contributed by atoms with Crippen molar-refractivity contribution in [3.8, 4) is 0 Å². The van der Waals surface area contributed by atoms with Gasteiger partial charge in [0.05, 0.1) is 12.8 Å². The lowest BCUT2D eigenvalue weighted by Crippen LogP contribution is -2.38. The molecule has 0 fully saturated rings. The van der Waals surface area contributed by atoms with Gasteiger partial charge < -0.3 is 5.32 Å². The van der Waals surface area contributed by atoms with Crippen molar-refractivity contribution in [1.82, 2.24) is 4.31 Å². The van der Waals surface area contributed by atoms with E-state index in [2.05, 4.69) is 5.32 Å². The lowest BCUT2D eigenvalue weighted by atomic mass is 10.1. The summed E-state index contributed by atoms with van der Waals surface area (Å²) in [6, 6.07) is 11.4. The minimum atomic E-state index is -3.55. The molecular weight excluding hydrogens is 355 g/mol. The number of halogens is 1. The van der Waals surface area contributed by atoms with Crippen molar-refractivity contribution in [1.29, 1.82) is 0 Å². The maximum Gasteiger partial charge on any atom is 0.239 e. The fraction of sp³-hybridized carbons (Fsp3) is 0.316. The summed E-state index contributed by atoms with van der Waals surface area (Å²) < 4.78 is 38.0. The Morgan fingerprint density at radius 3 is 2.31 bits per heavy atom. The molecule has 0 spiro atoms. The van der Waals surface area contributed by atoms with E-state index in [0.29, 0.717) is 12.1 Å². The Bertz CT molecular complexity index is 880. The van der Waals surface area contributed by atoms with Crippen molar-refractivity contribution < 1.29 is 17.6 Å². The SMILES string of the molecule is Cc1ccc(NC(=O)CN(CCc2ccc(F)cc2)S(C)(=O)=O)cc1C. The number of hydrogen-bond donors (Lipinski definition) is 1. The van der Waals surface area contributed by atoms with Gasteiger partial charge in [-0.1, -0.05) is 18.2 Å². The van der Waals surface area contributed by atoms with Gasteiger partial charge in [-0.05, 0) is 61.2 Å². The van der Waals surface area contributed by atoms with E-state index >= 15 is 0 Å². The summed E-state index contributed by atoms with van der Waals surface area (Å²) in [5.74, 6) is -0.751. The molecule has 0 bridgehead atoms. The lowest BCUT2D eigenvalue weighted by molar-refractivity contribution is -0.116. The van der Waals surface area contributed by atoms with Gasteiger partial charge in [0, 0.05) is 12.2 Å². The van der Waals surface area contributed by atoms with Gasteiger partial charge in [-0.15, -0.1) is 0 Å². The molecule has 7 heteroatoms. The normalized spacial score (nSPS) is 11.6. The third kappa shape index (κ3) is 5.93. The van der Waals surface area contributed by atoms with Crippen LogP contribution in [0, 0.1) is 19.7 Å². The molecule has 2 aromatic rings. The predicted octanol–water partition coefficient (Wildman–Crippen LogP) is 2.89. The molecule has 2 rings (SSSR count). The topological polar surface area (TPSA) is 66.5 Å². The number of anilines is 1. The Kier molecular flexibility index (Phi) is 6.50. The molecule has 0 aromatic heterocycles. The third-order valence-corrected chi connectivity index (χ3v) is 5.39. The average molecular weight is 378 g/mol. The van der Waals surface area contributed by atoms with Crippen molar-refractivity contribution in [3.63, 3.8) is 0 Å². The minimum absolute atomic E-state index is 0.144. The summed E-state index contributed by atoms with van der Waals surface area (Å²) in [7, 11) is -3.55. The van der Waals surface area contributed by atoms with Crippen LogP contribution in [0.1, 0.15) is 16.7 Å². The van der Waals surface area contributed by atoms with Gasteiger partial charge in [0.1, 0.15) is 5.82 Å². The molecule has 0 atom stereocenters. The Labute approximate surface area is 153 Å². The second-order valence-corrected chi connectivity index (χ2v) is 8.30. The summed E-state index contributed by atoms with van der Waals surface area (Å²) in [4.78, 5) is 12.3. The lowest BCUT2D eigenvalue weighted by Gasteiger charge is -2.19. The molecule has 0 heterocycles. The van der Waals surface area contributed by atoms with Crippen molar-refractivity contribution >= 4 is 21.6 Å². The highest BCUT2D eigenvalue weighted by molar-refractivity contribution is 7.88.